The van der Waals surface area contributed by atoms with E-state index in [2.05, 4.69) is 22.5 Å². The highest BCUT2D eigenvalue weighted by Gasteiger charge is 2.49. The van der Waals surface area contributed by atoms with Crippen LogP contribution in [0.25, 0.3) is 11.1 Å². The number of carbonyl (C=O) groups is 1. The highest BCUT2D eigenvalue weighted by molar-refractivity contribution is 6.00. The number of rotatable bonds is 12. The van der Waals surface area contributed by atoms with Gasteiger partial charge in [-0.25, -0.2) is 0 Å². The maximum absolute atomic E-state index is 13.5. The molecule has 33 heavy (non-hydrogen) atoms. The minimum Gasteiger partial charge on any atom is -0.346 e. The summed E-state index contributed by atoms with van der Waals surface area (Å²) < 4.78 is 38.9. The predicted molar refractivity (Wildman–Crippen MR) is 126 cm³/mol. The molecule has 0 saturated heterocycles. The van der Waals surface area contributed by atoms with E-state index in [0.717, 1.165) is 67.7 Å². The van der Waals surface area contributed by atoms with Crippen LogP contribution in [0.5, 0.6) is 0 Å². The molecule has 1 aliphatic carbocycles. The first-order valence-electron chi connectivity index (χ1n) is 11.7. The molecule has 180 valence electrons. The second-order valence-electron chi connectivity index (χ2n) is 8.64. The molecule has 7 heteroatoms. The van der Waals surface area contributed by atoms with Crippen LogP contribution >= 0.6 is 0 Å². The number of nitrogens with zero attached hydrogens (tertiary/aromatic N) is 1. The summed E-state index contributed by atoms with van der Waals surface area (Å²) in [6.07, 6.45) is -1.30. The molecule has 0 saturated carbocycles. The van der Waals surface area contributed by atoms with Gasteiger partial charge in [-0.3, -0.25) is 4.79 Å². The molecule has 0 aliphatic heterocycles. The third-order valence-electron chi connectivity index (χ3n) is 6.53. The summed E-state index contributed by atoms with van der Waals surface area (Å²) in [4.78, 5) is 15.8. The largest absolute Gasteiger partial charge is 0.405 e. The Balaban J connectivity index is 1.83. The van der Waals surface area contributed by atoms with Gasteiger partial charge in [-0.15, -0.1) is 0 Å². The molecule has 0 bridgehead atoms. The molecule has 0 unspecified atom stereocenters. The van der Waals surface area contributed by atoms with Gasteiger partial charge in [0.2, 0.25) is 5.91 Å². The van der Waals surface area contributed by atoms with Crippen LogP contribution in [-0.2, 0) is 10.2 Å². The number of nitrogens with one attached hydrogen (secondary N) is 2. The van der Waals surface area contributed by atoms with Crippen LogP contribution in [0, 0.1) is 0 Å². The average Bonchev–Trinajstić information content (AvgIpc) is 3.09. The lowest BCUT2D eigenvalue weighted by Crippen LogP contribution is -2.47. The Bertz CT molecular complexity index is 883. The minimum atomic E-state index is -4.45. The number of hydrogen-bond acceptors (Lipinski definition) is 3. The maximum Gasteiger partial charge on any atom is 0.405 e. The van der Waals surface area contributed by atoms with Gasteiger partial charge in [-0.2, -0.15) is 13.2 Å². The molecule has 2 aromatic rings. The third kappa shape index (κ3) is 5.76. The number of alkyl halides is 3. The molecular weight excluding hydrogens is 427 g/mol. The highest BCUT2D eigenvalue weighted by atomic mass is 19.4. The zero-order valence-electron chi connectivity index (χ0n) is 19.5. The van der Waals surface area contributed by atoms with Crippen molar-refractivity contribution in [2.45, 2.75) is 44.2 Å². The minimum absolute atomic E-state index is 0.471. The van der Waals surface area contributed by atoms with Crippen LogP contribution in [0.2, 0.25) is 0 Å². The smallest absolute Gasteiger partial charge is 0.346 e. The Morgan fingerprint density at radius 2 is 1.52 bits per heavy atom. The zero-order chi connectivity index (χ0) is 23.9. The van der Waals surface area contributed by atoms with E-state index in [1.54, 1.807) is 0 Å². The molecule has 1 aliphatic rings. The van der Waals surface area contributed by atoms with E-state index in [9.17, 15) is 18.0 Å². The molecule has 0 fully saturated rings. The van der Waals surface area contributed by atoms with E-state index in [4.69, 9.17) is 0 Å². The molecule has 0 aromatic heterocycles. The van der Waals surface area contributed by atoms with Crippen LogP contribution in [0.3, 0.4) is 0 Å². The summed E-state index contributed by atoms with van der Waals surface area (Å²) >= 11 is 0. The fourth-order valence-electron chi connectivity index (χ4n) is 4.92. The Labute approximate surface area is 194 Å². The SMILES string of the molecule is CCN(CCCCC1(C(=O)NCC(F)(F)F)c2ccccc2-c2ccccc21)CCCNC. The summed E-state index contributed by atoms with van der Waals surface area (Å²) in [5, 5.41) is 5.36. The molecule has 0 spiro atoms. The Kier molecular flexibility index (Phi) is 8.54. The number of hydrogen-bond donors (Lipinski definition) is 2. The number of carbonyl (C=O) groups excluding carboxylic acids is 1. The zero-order valence-corrected chi connectivity index (χ0v) is 19.5. The topological polar surface area (TPSA) is 44.4 Å². The summed E-state index contributed by atoms with van der Waals surface area (Å²) in [6.45, 7) is 4.63. The van der Waals surface area contributed by atoms with Gasteiger partial charge in [-0.05, 0) is 74.7 Å². The lowest BCUT2D eigenvalue weighted by atomic mass is 9.73. The van der Waals surface area contributed by atoms with Crippen LogP contribution < -0.4 is 10.6 Å². The Morgan fingerprint density at radius 3 is 2.06 bits per heavy atom. The van der Waals surface area contributed by atoms with E-state index in [0.29, 0.717) is 6.42 Å². The molecule has 3 rings (SSSR count). The summed E-state index contributed by atoms with van der Waals surface area (Å²) in [7, 11) is 1.94. The van der Waals surface area contributed by atoms with E-state index in [1.807, 2.05) is 55.6 Å². The first-order chi connectivity index (χ1) is 15.8. The van der Waals surface area contributed by atoms with Gasteiger partial charge in [0.25, 0.3) is 0 Å². The van der Waals surface area contributed by atoms with Gasteiger partial charge in [-0.1, -0.05) is 61.9 Å². The van der Waals surface area contributed by atoms with Crippen LogP contribution in [-0.4, -0.2) is 56.8 Å². The van der Waals surface area contributed by atoms with Gasteiger partial charge in [0.15, 0.2) is 0 Å². The van der Waals surface area contributed by atoms with Crippen molar-refractivity contribution in [1.29, 1.82) is 0 Å². The number of fused-ring (bicyclic) bond motifs is 3. The van der Waals surface area contributed by atoms with Crippen molar-refractivity contribution in [3.8, 4) is 11.1 Å². The van der Waals surface area contributed by atoms with Gasteiger partial charge >= 0.3 is 6.18 Å². The maximum atomic E-state index is 13.5. The Hall–Kier alpha value is -2.38. The van der Waals surface area contributed by atoms with Crippen molar-refractivity contribution in [2.75, 3.05) is 39.8 Å². The van der Waals surface area contributed by atoms with Crippen molar-refractivity contribution in [1.82, 2.24) is 15.5 Å². The van der Waals surface area contributed by atoms with Crippen molar-refractivity contribution in [3.05, 3.63) is 59.7 Å². The first-order valence-corrected chi connectivity index (χ1v) is 11.7. The monoisotopic (exact) mass is 461 g/mol. The fourth-order valence-corrected chi connectivity index (χ4v) is 4.92. The van der Waals surface area contributed by atoms with Crippen LogP contribution in [0.4, 0.5) is 13.2 Å². The number of halogens is 3. The molecule has 4 nitrogen and oxygen atoms in total. The van der Waals surface area contributed by atoms with Gasteiger partial charge in [0.05, 0.1) is 0 Å². The summed E-state index contributed by atoms with van der Waals surface area (Å²) in [6, 6.07) is 15.2. The molecule has 0 heterocycles. The molecule has 2 aromatic carbocycles. The molecular formula is C26H34F3N3O. The average molecular weight is 462 g/mol. The normalized spacial score (nSPS) is 14.2. The molecule has 2 N–H and O–H groups in total. The number of amides is 1. The van der Waals surface area contributed by atoms with Crippen molar-refractivity contribution >= 4 is 5.91 Å². The quantitative estimate of drug-likeness (QED) is 0.449. The highest BCUT2D eigenvalue weighted by Crippen LogP contribution is 2.51. The third-order valence-corrected chi connectivity index (χ3v) is 6.53. The molecule has 0 radical (unpaired) electrons. The number of unbranched alkanes of at least 4 members (excludes halogenated alkanes) is 1. The van der Waals surface area contributed by atoms with Gasteiger partial charge in [0.1, 0.15) is 12.0 Å². The Morgan fingerprint density at radius 1 is 0.939 bits per heavy atom. The fraction of sp³-hybridized carbons (Fsp3) is 0.500. The second kappa shape index (κ2) is 11.2. The van der Waals surface area contributed by atoms with E-state index in [1.165, 1.54) is 0 Å². The lowest BCUT2D eigenvalue weighted by molar-refractivity contribution is -0.141. The van der Waals surface area contributed by atoms with E-state index in [-0.39, 0.29) is 0 Å². The lowest BCUT2D eigenvalue weighted by Gasteiger charge is -2.31. The van der Waals surface area contributed by atoms with Crippen LogP contribution in [0.1, 0.15) is 43.7 Å². The summed E-state index contributed by atoms with van der Waals surface area (Å²) in [5.74, 6) is -0.571. The van der Waals surface area contributed by atoms with E-state index < -0.39 is 24.0 Å². The summed E-state index contributed by atoms with van der Waals surface area (Å²) in [5.41, 5.74) is 2.34. The van der Waals surface area contributed by atoms with Crippen molar-refractivity contribution < 1.29 is 18.0 Å². The molecule has 0 atom stereocenters. The first kappa shape index (κ1) is 25.2. The number of benzene rings is 2. The van der Waals surface area contributed by atoms with Crippen molar-refractivity contribution in [3.63, 3.8) is 0 Å². The van der Waals surface area contributed by atoms with Gasteiger partial charge in [0, 0.05) is 0 Å². The van der Waals surface area contributed by atoms with Gasteiger partial charge < -0.3 is 15.5 Å². The van der Waals surface area contributed by atoms with Crippen LogP contribution in [0.15, 0.2) is 48.5 Å². The second-order valence-corrected chi connectivity index (χ2v) is 8.64. The standard InChI is InChI=1S/C26H34F3N3O/c1-3-32(18-10-16-30-2)17-9-8-15-25(24(33)31-19-26(27,28)29)22-13-6-4-11-20(22)21-12-5-7-14-23(21)25/h4-7,11-14,30H,3,8-10,15-19H2,1-2H3,(H,31,33). The molecule has 1 amide bonds. The van der Waals surface area contributed by atoms with E-state index >= 15 is 0 Å². The van der Waals surface area contributed by atoms with Crippen molar-refractivity contribution in [2.24, 2.45) is 0 Å². The predicted octanol–water partition coefficient (Wildman–Crippen LogP) is 4.73.